The summed E-state index contributed by atoms with van der Waals surface area (Å²) in [6.45, 7) is 9.76. The zero-order chi connectivity index (χ0) is 51.6. The molecule has 5 heterocycles. The van der Waals surface area contributed by atoms with Gasteiger partial charge in [0.15, 0.2) is 22.6 Å². The van der Waals surface area contributed by atoms with Gasteiger partial charge < -0.3 is 42.2 Å². The van der Waals surface area contributed by atoms with Crippen molar-refractivity contribution in [1.82, 2.24) is 19.4 Å². The maximum Gasteiger partial charge on any atom is 0.437 e. The zero-order valence-electron chi connectivity index (χ0n) is 39.9. The van der Waals surface area contributed by atoms with Crippen LogP contribution in [-0.4, -0.2) is 63.6 Å². The SMILES string of the molecule is C.C1CCOC1.CCCc1c(OCCCn2ccc3cc(C(=O)OCC)c(Cl)cc32)ccc2c(C(F)(F)F)noc12.CCCc1c(OCCCn2ccc3cc(CO)c(Cl)cc32)ccc2c(C(F)(F)F)noc12. The van der Waals surface area contributed by atoms with E-state index in [2.05, 4.69) is 10.3 Å². The fourth-order valence-electron chi connectivity index (χ4n) is 8.43. The molecule has 1 aliphatic rings. The number of aryl methyl sites for hydroxylation is 4. The van der Waals surface area contributed by atoms with Gasteiger partial charge in [-0.1, -0.05) is 67.6 Å². The van der Waals surface area contributed by atoms with Crippen molar-refractivity contribution in [2.45, 2.75) is 112 Å². The molecular weight excluding hydrogens is 1010 g/mol. The van der Waals surface area contributed by atoms with Crippen LogP contribution in [0.3, 0.4) is 0 Å². The van der Waals surface area contributed by atoms with E-state index in [-0.39, 0.29) is 42.6 Å². The summed E-state index contributed by atoms with van der Waals surface area (Å²) >= 11 is 12.5. The summed E-state index contributed by atoms with van der Waals surface area (Å²) in [6.07, 6.45) is 1.02. The number of aromatic nitrogens is 4. The minimum absolute atomic E-state index is 0. The first kappa shape index (κ1) is 56.3. The lowest BCUT2D eigenvalue weighted by Crippen LogP contribution is -2.07. The van der Waals surface area contributed by atoms with Crippen LogP contribution in [0.2, 0.25) is 10.0 Å². The molecule has 0 amide bonds. The van der Waals surface area contributed by atoms with Crippen molar-refractivity contribution in [2.75, 3.05) is 33.0 Å². The average Bonchev–Trinajstić information content (AvgIpc) is 4.21. The largest absolute Gasteiger partial charge is 0.493 e. The van der Waals surface area contributed by atoms with Gasteiger partial charge in [0.2, 0.25) is 0 Å². The Bertz CT molecular complexity index is 3090. The highest BCUT2D eigenvalue weighted by molar-refractivity contribution is 6.34. The Morgan fingerprint density at radius 3 is 1.60 bits per heavy atom. The molecular formula is C53H58Cl2F6N4O8. The third-order valence-corrected chi connectivity index (χ3v) is 12.5. The second kappa shape index (κ2) is 25.3. The number of alkyl halides is 6. The molecule has 0 radical (unpaired) electrons. The minimum Gasteiger partial charge on any atom is -0.493 e. The van der Waals surface area contributed by atoms with Gasteiger partial charge in [-0.15, -0.1) is 0 Å². The Hall–Kier alpha value is -5.95. The van der Waals surface area contributed by atoms with E-state index in [0.717, 1.165) is 41.4 Å². The van der Waals surface area contributed by atoms with E-state index in [0.29, 0.717) is 102 Å². The average molecular weight is 1060 g/mol. The number of fused-ring (bicyclic) bond motifs is 4. The molecule has 4 aromatic heterocycles. The Balaban J connectivity index is 0.000000215. The van der Waals surface area contributed by atoms with Crippen LogP contribution in [0.4, 0.5) is 26.3 Å². The number of aliphatic hydroxyl groups is 1. The third kappa shape index (κ3) is 13.4. The van der Waals surface area contributed by atoms with Gasteiger partial charge in [-0.3, -0.25) is 0 Å². The molecule has 1 aliphatic heterocycles. The fraction of sp³-hybridized carbons (Fsp3) is 0.415. The molecule has 1 saturated heterocycles. The predicted molar refractivity (Wildman–Crippen MR) is 269 cm³/mol. The molecule has 0 atom stereocenters. The number of hydrogen-bond donors (Lipinski definition) is 1. The van der Waals surface area contributed by atoms with Gasteiger partial charge in [0.1, 0.15) is 11.5 Å². The molecule has 394 valence electrons. The van der Waals surface area contributed by atoms with Gasteiger partial charge in [-0.25, -0.2) is 4.79 Å². The van der Waals surface area contributed by atoms with Gasteiger partial charge >= 0.3 is 18.3 Å². The van der Waals surface area contributed by atoms with Crippen molar-refractivity contribution in [1.29, 1.82) is 0 Å². The van der Waals surface area contributed by atoms with Crippen molar-refractivity contribution in [3.05, 3.63) is 117 Å². The Labute approximate surface area is 428 Å². The van der Waals surface area contributed by atoms with Gasteiger partial charge in [0.05, 0.1) is 47.8 Å². The van der Waals surface area contributed by atoms with Crippen molar-refractivity contribution in [3.8, 4) is 11.5 Å². The first-order valence-corrected chi connectivity index (χ1v) is 24.5. The van der Waals surface area contributed by atoms with Gasteiger partial charge in [0.25, 0.3) is 0 Å². The van der Waals surface area contributed by atoms with Crippen LogP contribution in [0.1, 0.15) is 105 Å². The highest BCUT2D eigenvalue weighted by Gasteiger charge is 2.39. The molecule has 0 unspecified atom stereocenters. The molecule has 0 bridgehead atoms. The fourth-order valence-corrected chi connectivity index (χ4v) is 8.88. The number of ether oxygens (including phenoxy) is 4. The van der Waals surface area contributed by atoms with Crippen LogP contribution >= 0.6 is 23.2 Å². The molecule has 0 spiro atoms. The summed E-state index contributed by atoms with van der Waals surface area (Å²) in [7, 11) is 0. The highest BCUT2D eigenvalue weighted by Crippen LogP contribution is 2.40. The summed E-state index contributed by atoms with van der Waals surface area (Å²) in [5, 5.41) is 18.4. The molecule has 20 heteroatoms. The third-order valence-electron chi connectivity index (χ3n) is 11.8. The van der Waals surface area contributed by atoms with Crippen LogP contribution < -0.4 is 9.47 Å². The first-order chi connectivity index (χ1) is 34.6. The Kier molecular flexibility index (Phi) is 19.5. The van der Waals surface area contributed by atoms with E-state index in [4.69, 9.17) is 51.2 Å². The van der Waals surface area contributed by atoms with E-state index in [1.807, 2.05) is 59.6 Å². The second-order valence-electron chi connectivity index (χ2n) is 16.9. The van der Waals surface area contributed by atoms with Crippen molar-refractivity contribution in [3.63, 3.8) is 0 Å². The van der Waals surface area contributed by atoms with Crippen molar-refractivity contribution < 1.29 is 64.2 Å². The number of aliphatic hydroxyl groups excluding tert-OH is 1. The Morgan fingerprint density at radius 2 is 1.18 bits per heavy atom. The predicted octanol–water partition coefficient (Wildman–Crippen LogP) is 14.9. The summed E-state index contributed by atoms with van der Waals surface area (Å²) < 4.78 is 115. The molecule has 73 heavy (non-hydrogen) atoms. The van der Waals surface area contributed by atoms with Crippen LogP contribution in [0.15, 0.2) is 82.1 Å². The number of nitrogens with zero attached hydrogens (tertiary/aromatic N) is 4. The summed E-state index contributed by atoms with van der Waals surface area (Å²) in [6, 6.07) is 16.8. The van der Waals surface area contributed by atoms with Crippen molar-refractivity contribution >= 4 is 72.9 Å². The van der Waals surface area contributed by atoms with Gasteiger partial charge in [-0.05, 0) is 112 Å². The lowest BCUT2D eigenvalue weighted by Gasteiger charge is -2.12. The normalized spacial score (nSPS) is 12.7. The van der Waals surface area contributed by atoms with Gasteiger partial charge in [-0.2, -0.15) is 26.3 Å². The number of carbonyl (C=O) groups excluding carboxylic acids is 1. The Morgan fingerprint density at radius 1 is 0.699 bits per heavy atom. The highest BCUT2D eigenvalue weighted by atomic mass is 35.5. The number of carbonyl (C=O) groups is 1. The van der Waals surface area contributed by atoms with E-state index < -0.39 is 29.7 Å². The minimum atomic E-state index is -4.59. The molecule has 0 aliphatic carbocycles. The topological polar surface area (TPSA) is 136 Å². The molecule has 4 aromatic carbocycles. The standard InChI is InChI=1S/C25H24ClF3N2O4.C23H22ClF3N2O3.C4H8O.CH4/c1-3-6-16-21(8-7-17-22(16)35-30-23(17)25(27,28)29)34-12-5-10-31-11-9-15-13-18(24(32)33-4-2)19(26)14-20(15)31;1-2-4-16-20(6-5-17-21(16)32-28-22(17)23(25,26)27)31-10-3-8-29-9-7-14-11-15(13-30)18(24)12-19(14)29;1-2-4-5-3-1;/h7-9,11,13-14H,3-6,10,12H2,1-2H3;5-7,9,11-12,30H,2-4,8,10,13H2,1H3;1-4H2;1H4. The molecule has 12 nitrogen and oxygen atoms in total. The molecule has 8 aromatic rings. The van der Waals surface area contributed by atoms with Crippen LogP contribution in [0.5, 0.6) is 11.5 Å². The van der Waals surface area contributed by atoms with Gasteiger partial charge in [0, 0.05) is 76.7 Å². The van der Waals surface area contributed by atoms with Crippen LogP contribution in [-0.2, 0) is 54.4 Å². The molecule has 1 fully saturated rings. The maximum absolute atomic E-state index is 13.2. The number of halogens is 8. The summed E-state index contributed by atoms with van der Waals surface area (Å²) in [5.74, 6) is 0.537. The molecule has 9 rings (SSSR count). The number of esters is 1. The quantitative estimate of drug-likeness (QED) is 0.0533. The van der Waals surface area contributed by atoms with E-state index in [9.17, 15) is 36.2 Å². The number of benzene rings is 4. The van der Waals surface area contributed by atoms with Crippen molar-refractivity contribution in [2.24, 2.45) is 0 Å². The van der Waals surface area contributed by atoms with Crippen LogP contribution in [0, 0.1) is 0 Å². The smallest absolute Gasteiger partial charge is 0.437 e. The monoisotopic (exact) mass is 1060 g/mol. The molecule has 1 N–H and O–H groups in total. The van der Waals surface area contributed by atoms with E-state index in [1.165, 1.54) is 25.0 Å². The molecule has 0 saturated carbocycles. The first-order valence-electron chi connectivity index (χ1n) is 23.7. The summed E-state index contributed by atoms with van der Waals surface area (Å²) in [5.41, 5.74) is 2.21. The van der Waals surface area contributed by atoms with Crippen LogP contribution in [0.25, 0.3) is 43.7 Å². The lowest BCUT2D eigenvalue weighted by atomic mass is 10.0. The summed E-state index contributed by atoms with van der Waals surface area (Å²) in [4.78, 5) is 12.1. The van der Waals surface area contributed by atoms with E-state index >= 15 is 0 Å². The maximum atomic E-state index is 13.2. The number of rotatable bonds is 17. The lowest BCUT2D eigenvalue weighted by molar-refractivity contribution is -0.142. The van der Waals surface area contributed by atoms with E-state index in [1.54, 1.807) is 31.2 Å². The zero-order valence-corrected chi connectivity index (χ0v) is 41.4. The number of hydrogen-bond acceptors (Lipinski definition) is 10. The second-order valence-corrected chi connectivity index (χ2v) is 17.7.